The highest BCUT2D eigenvalue weighted by atomic mass is 32.1. The van der Waals surface area contributed by atoms with E-state index < -0.39 is 4.92 Å². The quantitative estimate of drug-likeness (QED) is 0.481. The van der Waals surface area contributed by atoms with Crippen LogP contribution in [0.15, 0.2) is 36.4 Å². The van der Waals surface area contributed by atoms with E-state index in [1.54, 1.807) is 0 Å². The molecule has 92 valence electrons. The lowest BCUT2D eigenvalue weighted by molar-refractivity contribution is -0.380. The van der Waals surface area contributed by atoms with Crippen molar-refractivity contribution < 1.29 is 9.72 Å². The van der Waals surface area contributed by atoms with Crippen molar-refractivity contribution in [2.45, 2.75) is 13.3 Å². The highest BCUT2D eigenvalue weighted by Crippen LogP contribution is 2.25. The number of nitrogens with zero attached hydrogens (tertiary/aromatic N) is 1. The molecule has 0 fully saturated rings. The molecule has 0 aliphatic carbocycles. The van der Waals surface area contributed by atoms with Crippen LogP contribution in [0.2, 0.25) is 0 Å². The van der Waals surface area contributed by atoms with E-state index in [0.717, 1.165) is 22.5 Å². The molecule has 0 spiro atoms. The molecule has 0 radical (unpaired) electrons. The molecule has 4 nitrogen and oxygen atoms in total. The Balaban J connectivity index is 2.14. The number of ketones is 1. The van der Waals surface area contributed by atoms with Crippen LogP contribution in [0.5, 0.6) is 0 Å². The van der Waals surface area contributed by atoms with Crippen LogP contribution in [0.1, 0.15) is 20.8 Å². The van der Waals surface area contributed by atoms with Gasteiger partial charge < -0.3 is 0 Å². The maximum absolute atomic E-state index is 11.9. The van der Waals surface area contributed by atoms with Crippen molar-refractivity contribution in [3.05, 3.63) is 62.5 Å². The maximum atomic E-state index is 11.9. The van der Waals surface area contributed by atoms with E-state index in [9.17, 15) is 14.9 Å². The predicted octanol–water partition coefficient (Wildman–Crippen LogP) is 3.39. The first-order valence-corrected chi connectivity index (χ1v) is 6.21. The molecule has 2 aromatic rings. The normalized spacial score (nSPS) is 10.3. The average Bonchev–Trinajstić information content (AvgIpc) is 2.78. The number of benzene rings is 1. The maximum Gasteiger partial charge on any atom is 0.324 e. The number of Topliss-reactive ketones (excluding diaryl/α,β-unsaturated/α-hetero) is 1. The number of hydrogen-bond donors (Lipinski definition) is 0. The smallest absolute Gasteiger partial charge is 0.293 e. The van der Waals surface area contributed by atoms with Crippen molar-refractivity contribution in [1.82, 2.24) is 0 Å². The molecule has 0 unspecified atom stereocenters. The fraction of sp³-hybridized carbons (Fsp3) is 0.154. The zero-order valence-electron chi connectivity index (χ0n) is 9.75. The minimum absolute atomic E-state index is 0.00240. The summed E-state index contributed by atoms with van der Waals surface area (Å²) in [7, 11) is 0. The molecule has 0 bridgehead atoms. The first-order valence-electron chi connectivity index (χ1n) is 5.39. The molecule has 5 heteroatoms. The third-order valence-electron chi connectivity index (χ3n) is 2.49. The van der Waals surface area contributed by atoms with E-state index in [1.165, 1.54) is 12.1 Å². The van der Waals surface area contributed by atoms with Crippen LogP contribution in [0, 0.1) is 17.0 Å². The van der Waals surface area contributed by atoms with Crippen molar-refractivity contribution in [1.29, 1.82) is 0 Å². The van der Waals surface area contributed by atoms with Gasteiger partial charge in [-0.05, 0) is 18.6 Å². The van der Waals surface area contributed by atoms with E-state index in [4.69, 9.17) is 0 Å². The third kappa shape index (κ3) is 2.81. The summed E-state index contributed by atoms with van der Waals surface area (Å²) in [6.07, 6.45) is 0.277. The SMILES string of the molecule is Cc1cccc(CC(=O)c2ccc([N+](=O)[O-])s2)c1. The fourth-order valence-corrected chi connectivity index (χ4v) is 2.43. The lowest BCUT2D eigenvalue weighted by Gasteiger charge is -2.00. The number of nitro groups is 1. The van der Waals surface area contributed by atoms with Gasteiger partial charge in [-0.25, -0.2) is 0 Å². The molecule has 0 saturated carbocycles. The van der Waals surface area contributed by atoms with Gasteiger partial charge in [0.2, 0.25) is 0 Å². The summed E-state index contributed by atoms with van der Waals surface area (Å²) >= 11 is 0.924. The van der Waals surface area contributed by atoms with Gasteiger partial charge in [0.1, 0.15) is 0 Å². The minimum Gasteiger partial charge on any atom is -0.293 e. The molecule has 18 heavy (non-hydrogen) atoms. The number of aryl methyl sites for hydroxylation is 1. The van der Waals surface area contributed by atoms with Gasteiger partial charge in [-0.1, -0.05) is 41.2 Å². The van der Waals surface area contributed by atoms with Crippen LogP contribution in [0.4, 0.5) is 5.00 Å². The van der Waals surface area contributed by atoms with Crippen LogP contribution in [0.3, 0.4) is 0 Å². The highest BCUT2D eigenvalue weighted by Gasteiger charge is 2.15. The Kier molecular flexibility index (Phi) is 3.53. The third-order valence-corrected chi connectivity index (χ3v) is 3.57. The van der Waals surface area contributed by atoms with E-state index in [2.05, 4.69) is 0 Å². The van der Waals surface area contributed by atoms with Crippen LogP contribution in [-0.4, -0.2) is 10.7 Å². The van der Waals surface area contributed by atoms with E-state index in [1.807, 2.05) is 31.2 Å². The summed E-state index contributed by atoms with van der Waals surface area (Å²) in [5.74, 6) is -0.0845. The molecule has 0 aliphatic heterocycles. The minimum atomic E-state index is -0.478. The van der Waals surface area contributed by atoms with E-state index >= 15 is 0 Å². The second-order valence-corrected chi connectivity index (χ2v) is 5.05. The van der Waals surface area contributed by atoms with Gasteiger partial charge in [-0.3, -0.25) is 14.9 Å². The molecule has 1 heterocycles. The number of rotatable bonds is 4. The van der Waals surface area contributed by atoms with Crippen molar-refractivity contribution in [3.8, 4) is 0 Å². The van der Waals surface area contributed by atoms with Crippen LogP contribution < -0.4 is 0 Å². The largest absolute Gasteiger partial charge is 0.324 e. The summed E-state index contributed by atoms with van der Waals surface area (Å²) in [5, 5.41) is 10.5. The number of thiophene rings is 1. The Hall–Kier alpha value is -2.01. The molecule has 2 rings (SSSR count). The summed E-state index contributed by atoms with van der Waals surface area (Å²) < 4.78 is 0. The second-order valence-electron chi connectivity index (χ2n) is 3.98. The first-order chi connectivity index (χ1) is 8.56. The fourth-order valence-electron chi connectivity index (χ4n) is 1.67. The molecular weight excluding hydrogens is 250 g/mol. The predicted molar refractivity (Wildman–Crippen MR) is 70.2 cm³/mol. The van der Waals surface area contributed by atoms with E-state index in [0.29, 0.717) is 4.88 Å². The van der Waals surface area contributed by atoms with Gasteiger partial charge in [0, 0.05) is 12.5 Å². The second kappa shape index (κ2) is 5.10. The zero-order chi connectivity index (χ0) is 13.1. The summed E-state index contributed by atoms with van der Waals surface area (Å²) in [4.78, 5) is 22.4. The molecular formula is C13H11NO3S. The number of carbonyl (C=O) groups excluding carboxylic acids is 1. The van der Waals surface area contributed by atoms with Gasteiger partial charge >= 0.3 is 5.00 Å². The molecule has 0 N–H and O–H groups in total. The van der Waals surface area contributed by atoms with Crippen LogP contribution >= 0.6 is 11.3 Å². The Labute approximate surface area is 108 Å². The Bertz CT molecular complexity index is 604. The van der Waals surface area contributed by atoms with Gasteiger partial charge in [0.15, 0.2) is 5.78 Å². The van der Waals surface area contributed by atoms with Gasteiger partial charge in [-0.2, -0.15) is 0 Å². The first kappa shape index (κ1) is 12.4. The number of hydrogen-bond acceptors (Lipinski definition) is 4. The van der Waals surface area contributed by atoms with Crippen molar-refractivity contribution >= 4 is 22.1 Å². The van der Waals surface area contributed by atoms with Crippen molar-refractivity contribution in [2.24, 2.45) is 0 Å². The molecule has 0 aliphatic rings. The van der Waals surface area contributed by atoms with Crippen molar-refractivity contribution in [3.63, 3.8) is 0 Å². The molecule has 0 saturated heterocycles. The molecule has 0 amide bonds. The topological polar surface area (TPSA) is 60.2 Å². The average molecular weight is 261 g/mol. The van der Waals surface area contributed by atoms with Gasteiger partial charge in [0.05, 0.1) is 9.80 Å². The Morgan fingerprint density at radius 3 is 2.72 bits per heavy atom. The molecule has 1 aromatic carbocycles. The van der Waals surface area contributed by atoms with E-state index in [-0.39, 0.29) is 17.2 Å². The highest BCUT2D eigenvalue weighted by molar-refractivity contribution is 7.17. The summed E-state index contributed by atoms with van der Waals surface area (Å²) in [6.45, 7) is 1.96. The summed E-state index contributed by atoms with van der Waals surface area (Å²) in [6, 6.07) is 10.6. The summed E-state index contributed by atoms with van der Waals surface area (Å²) in [5.41, 5.74) is 2.02. The van der Waals surface area contributed by atoms with Crippen LogP contribution in [-0.2, 0) is 6.42 Å². The number of carbonyl (C=O) groups is 1. The Morgan fingerprint density at radius 2 is 2.11 bits per heavy atom. The van der Waals surface area contributed by atoms with Crippen molar-refractivity contribution in [2.75, 3.05) is 0 Å². The lowest BCUT2D eigenvalue weighted by atomic mass is 10.1. The molecule has 1 aromatic heterocycles. The monoisotopic (exact) mass is 261 g/mol. The van der Waals surface area contributed by atoms with Gasteiger partial charge in [-0.15, -0.1) is 0 Å². The zero-order valence-corrected chi connectivity index (χ0v) is 10.6. The van der Waals surface area contributed by atoms with Gasteiger partial charge in [0.25, 0.3) is 0 Å². The Morgan fingerprint density at radius 1 is 1.33 bits per heavy atom. The lowest BCUT2D eigenvalue weighted by Crippen LogP contribution is -2.01. The van der Waals surface area contributed by atoms with Crippen LogP contribution in [0.25, 0.3) is 0 Å². The standard InChI is InChI=1S/C13H11NO3S/c1-9-3-2-4-10(7-9)8-11(15)12-5-6-13(18-12)14(16)17/h2-7H,8H2,1H3. The molecule has 0 atom stereocenters.